The van der Waals surface area contributed by atoms with Gasteiger partial charge in [0.25, 0.3) is 0 Å². The fourth-order valence-corrected chi connectivity index (χ4v) is 3.12. The van der Waals surface area contributed by atoms with Crippen LogP contribution in [0.15, 0.2) is 51.8 Å². The van der Waals surface area contributed by atoms with E-state index in [0.29, 0.717) is 10.0 Å². The predicted molar refractivity (Wildman–Crippen MR) is 80.5 cm³/mol. The molecule has 4 nitrogen and oxygen atoms in total. The summed E-state index contributed by atoms with van der Waals surface area (Å²) in [6, 6.07) is 10.6. The van der Waals surface area contributed by atoms with Gasteiger partial charge in [-0.15, -0.1) is 0 Å². The van der Waals surface area contributed by atoms with Gasteiger partial charge in [0, 0.05) is 11.0 Å². The highest BCUT2D eigenvalue weighted by molar-refractivity contribution is 9.10. The van der Waals surface area contributed by atoms with Crippen LogP contribution in [-0.2, 0) is 23.2 Å². The number of hydrogen-bond donors (Lipinski definition) is 2. The summed E-state index contributed by atoms with van der Waals surface area (Å²) in [5.74, 6) is -0.812. The van der Waals surface area contributed by atoms with Gasteiger partial charge in [-0.3, -0.25) is 0 Å². The third-order valence-electron chi connectivity index (χ3n) is 2.86. The molecule has 0 heterocycles. The molecule has 0 spiro atoms. The molecule has 0 fully saturated rings. The second-order valence-corrected chi connectivity index (χ2v) is 7.02. The lowest BCUT2D eigenvalue weighted by atomic mass is 10.1. The van der Waals surface area contributed by atoms with E-state index in [9.17, 15) is 12.8 Å². The summed E-state index contributed by atoms with van der Waals surface area (Å²) in [5.41, 5.74) is 1.45. The van der Waals surface area contributed by atoms with Crippen molar-refractivity contribution >= 4 is 26.0 Å². The zero-order valence-corrected chi connectivity index (χ0v) is 13.3. The second kappa shape index (κ2) is 6.65. The number of nitrogens with one attached hydrogen (secondary N) is 1. The summed E-state index contributed by atoms with van der Waals surface area (Å²) in [4.78, 5) is -0.391. The number of halogens is 2. The molecule has 2 N–H and O–H groups in total. The summed E-state index contributed by atoms with van der Waals surface area (Å²) in [6.45, 7) is -0.0281. The van der Waals surface area contributed by atoms with Crippen LogP contribution < -0.4 is 4.72 Å². The molecule has 0 saturated carbocycles. The van der Waals surface area contributed by atoms with E-state index in [-0.39, 0.29) is 13.2 Å². The molecule has 7 heteroatoms. The first-order chi connectivity index (χ1) is 9.92. The van der Waals surface area contributed by atoms with Crippen molar-refractivity contribution in [1.82, 2.24) is 4.72 Å². The van der Waals surface area contributed by atoms with Gasteiger partial charge in [-0.05, 0) is 29.3 Å². The first kappa shape index (κ1) is 16.1. The molecule has 0 aliphatic heterocycles. The lowest BCUT2D eigenvalue weighted by molar-refractivity contribution is 0.282. The third-order valence-corrected chi connectivity index (χ3v) is 4.78. The molecule has 0 aromatic heterocycles. The average Bonchev–Trinajstić information content (AvgIpc) is 2.45. The van der Waals surface area contributed by atoms with Crippen molar-refractivity contribution in [2.24, 2.45) is 0 Å². The maximum atomic E-state index is 13.7. The Kier molecular flexibility index (Phi) is 5.10. The third kappa shape index (κ3) is 4.10. The highest BCUT2D eigenvalue weighted by atomic mass is 79.9. The minimum absolute atomic E-state index is 0.0452. The Morgan fingerprint density at radius 2 is 1.71 bits per heavy atom. The quantitative estimate of drug-likeness (QED) is 0.846. The SMILES string of the molecule is O=S(=O)(NCc1ccc(CO)cc1)c1ccc(Br)cc1F. The van der Waals surface area contributed by atoms with Crippen molar-refractivity contribution in [2.45, 2.75) is 18.0 Å². The number of rotatable bonds is 5. The molecule has 2 aromatic rings. The van der Waals surface area contributed by atoms with Crippen molar-refractivity contribution in [1.29, 1.82) is 0 Å². The molecule has 21 heavy (non-hydrogen) atoms. The highest BCUT2D eigenvalue weighted by Crippen LogP contribution is 2.19. The lowest BCUT2D eigenvalue weighted by Gasteiger charge is -2.08. The van der Waals surface area contributed by atoms with E-state index in [4.69, 9.17) is 5.11 Å². The minimum atomic E-state index is -3.92. The maximum absolute atomic E-state index is 13.7. The van der Waals surface area contributed by atoms with Gasteiger partial charge in [-0.1, -0.05) is 40.2 Å². The number of benzene rings is 2. The first-order valence-electron chi connectivity index (χ1n) is 6.06. The number of aliphatic hydroxyl groups is 1. The van der Waals surface area contributed by atoms with E-state index in [1.165, 1.54) is 12.1 Å². The number of aliphatic hydroxyl groups excluding tert-OH is 1. The molecule has 2 aromatic carbocycles. The van der Waals surface area contributed by atoms with Gasteiger partial charge in [-0.2, -0.15) is 0 Å². The van der Waals surface area contributed by atoms with Crippen molar-refractivity contribution in [2.75, 3.05) is 0 Å². The van der Waals surface area contributed by atoms with E-state index in [0.717, 1.165) is 11.6 Å². The van der Waals surface area contributed by atoms with Crippen molar-refractivity contribution < 1.29 is 17.9 Å². The normalized spacial score (nSPS) is 11.6. The monoisotopic (exact) mass is 373 g/mol. The van der Waals surface area contributed by atoms with Gasteiger partial charge in [0.2, 0.25) is 10.0 Å². The standard InChI is InChI=1S/C14H13BrFNO3S/c15-12-5-6-14(13(16)7-12)21(19,20)17-8-10-1-3-11(9-18)4-2-10/h1-7,17-18H,8-9H2. The molecule has 0 atom stereocenters. The van der Waals surface area contributed by atoms with Gasteiger partial charge >= 0.3 is 0 Å². The molecular weight excluding hydrogens is 361 g/mol. The van der Waals surface area contributed by atoms with Crippen LogP contribution in [0.5, 0.6) is 0 Å². The Hall–Kier alpha value is -1.28. The van der Waals surface area contributed by atoms with E-state index in [1.54, 1.807) is 24.3 Å². The number of hydrogen-bond acceptors (Lipinski definition) is 3. The Balaban J connectivity index is 2.13. The van der Waals surface area contributed by atoms with Crippen molar-refractivity contribution in [3.05, 3.63) is 63.9 Å². The molecule has 0 unspecified atom stereocenters. The summed E-state index contributed by atoms with van der Waals surface area (Å²) < 4.78 is 40.6. The van der Waals surface area contributed by atoms with Crippen LogP contribution >= 0.6 is 15.9 Å². The van der Waals surface area contributed by atoms with Crippen molar-refractivity contribution in [3.63, 3.8) is 0 Å². The van der Waals surface area contributed by atoms with E-state index < -0.39 is 20.7 Å². The smallest absolute Gasteiger partial charge is 0.243 e. The van der Waals surface area contributed by atoms with E-state index >= 15 is 0 Å². The molecule has 0 saturated heterocycles. The topological polar surface area (TPSA) is 66.4 Å². The van der Waals surface area contributed by atoms with Crippen LogP contribution in [0.3, 0.4) is 0 Å². The van der Waals surface area contributed by atoms with Crippen LogP contribution in [0, 0.1) is 5.82 Å². The Morgan fingerprint density at radius 3 is 2.29 bits per heavy atom. The largest absolute Gasteiger partial charge is 0.392 e. The van der Waals surface area contributed by atoms with Crippen LogP contribution in [0.1, 0.15) is 11.1 Å². The average molecular weight is 374 g/mol. The molecule has 0 bridgehead atoms. The van der Waals surface area contributed by atoms with Gasteiger partial charge in [0.1, 0.15) is 10.7 Å². The Bertz CT molecular complexity index is 732. The zero-order valence-electron chi connectivity index (χ0n) is 10.9. The Labute approximate surface area is 130 Å². The minimum Gasteiger partial charge on any atom is -0.392 e. The van der Waals surface area contributed by atoms with Crippen LogP contribution in [0.2, 0.25) is 0 Å². The lowest BCUT2D eigenvalue weighted by Crippen LogP contribution is -2.24. The van der Waals surface area contributed by atoms with Crippen LogP contribution in [-0.4, -0.2) is 13.5 Å². The van der Waals surface area contributed by atoms with Crippen LogP contribution in [0.25, 0.3) is 0 Å². The fraction of sp³-hybridized carbons (Fsp3) is 0.143. The first-order valence-corrected chi connectivity index (χ1v) is 8.33. The summed E-state index contributed by atoms with van der Waals surface area (Å²) in [6.07, 6.45) is 0. The summed E-state index contributed by atoms with van der Waals surface area (Å²) in [5, 5.41) is 8.93. The van der Waals surface area contributed by atoms with Gasteiger partial charge in [-0.25, -0.2) is 17.5 Å². The van der Waals surface area contributed by atoms with Gasteiger partial charge in [0.15, 0.2) is 0 Å². The molecule has 0 aliphatic rings. The summed E-state index contributed by atoms with van der Waals surface area (Å²) in [7, 11) is -3.92. The van der Waals surface area contributed by atoms with E-state index in [2.05, 4.69) is 20.7 Å². The number of sulfonamides is 1. The van der Waals surface area contributed by atoms with Crippen LogP contribution in [0.4, 0.5) is 4.39 Å². The molecule has 0 amide bonds. The molecular formula is C14H13BrFNO3S. The Morgan fingerprint density at radius 1 is 1.10 bits per heavy atom. The molecule has 112 valence electrons. The fourth-order valence-electron chi connectivity index (χ4n) is 1.71. The zero-order chi connectivity index (χ0) is 15.5. The highest BCUT2D eigenvalue weighted by Gasteiger charge is 2.18. The van der Waals surface area contributed by atoms with Crippen molar-refractivity contribution in [3.8, 4) is 0 Å². The molecule has 2 rings (SSSR count). The maximum Gasteiger partial charge on any atom is 0.243 e. The van der Waals surface area contributed by atoms with Gasteiger partial charge < -0.3 is 5.11 Å². The van der Waals surface area contributed by atoms with E-state index in [1.807, 2.05) is 0 Å². The summed E-state index contributed by atoms with van der Waals surface area (Å²) >= 11 is 3.08. The molecule has 0 aliphatic carbocycles. The second-order valence-electron chi connectivity index (χ2n) is 4.37. The predicted octanol–water partition coefficient (Wildman–Crippen LogP) is 2.56. The van der Waals surface area contributed by atoms with Gasteiger partial charge in [0.05, 0.1) is 6.61 Å². The molecule has 0 radical (unpaired) electrons.